The van der Waals surface area contributed by atoms with Crippen LogP contribution in [-0.4, -0.2) is 25.5 Å². The smallest absolute Gasteiger partial charge is 0.235 e. The Morgan fingerprint density at radius 1 is 0.960 bits per heavy atom. The second-order valence-corrected chi connectivity index (χ2v) is 9.54. The Hall–Kier alpha value is -1.56. The van der Waals surface area contributed by atoms with Crippen molar-refractivity contribution in [3.63, 3.8) is 0 Å². The molecule has 1 aliphatic heterocycles. The highest BCUT2D eigenvalue weighted by atomic mass is 32.2. The van der Waals surface area contributed by atoms with Gasteiger partial charge in [-0.25, -0.2) is 13.4 Å². The van der Waals surface area contributed by atoms with Gasteiger partial charge in [-0.3, -0.25) is 4.72 Å². The largest absolute Gasteiger partial charge is 0.371 e. The third-order valence-electron chi connectivity index (χ3n) is 5.42. The molecule has 2 saturated carbocycles. The number of sulfonamides is 1. The van der Waals surface area contributed by atoms with Crippen LogP contribution in [0.5, 0.6) is 0 Å². The summed E-state index contributed by atoms with van der Waals surface area (Å²) in [6.45, 7) is 0. The van der Waals surface area contributed by atoms with E-state index in [4.69, 9.17) is 4.99 Å². The maximum absolute atomic E-state index is 12.1. The monoisotopic (exact) mass is 361 g/mol. The van der Waals surface area contributed by atoms with Gasteiger partial charge in [0.25, 0.3) is 0 Å². The molecule has 0 radical (unpaired) electrons. The molecule has 1 heterocycles. The van der Waals surface area contributed by atoms with Crippen molar-refractivity contribution < 1.29 is 8.42 Å². The van der Waals surface area contributed by atoms with E-state index in [0.29, 0.717) is 11.7 Å². The summed E-state index contributed by atoms with van der Waals surface area (Å²) in [7, 11) is -3.20. The van der Waals surface area contributed by atoms with Gasteiger partial charge in [-0.2, -0.15) is 0 Å². The summed E-state index contributed by atoms with van der Waals surface area (Å²) >= 11 is 0. The number of fused-ring (bicyclic) bond motifs is 1. The van der Waals surface area contributed by atoms with E-state index in [1.165, 1.54) is 38.5 Å². The van der Waals surface area contributed by atoms with Gasteiger partial charge < -0.3 is 5.32 Å². The lowest BCUT2D eigenvalue weighted by Crippen LogP contribution is -2.35. The van der Waals surface area contributed by atoms with Crippen molar-refractivity contribution >= 4 is 27.2 Å². The topological polar surface area (TPSA) is 70.6 Å². The average Bonchev–Trinajstić information content (AvgIpc) is 3.43. The Kier molecular flexibility index (Phi) is 4.71. The van der Waals surface area contributed by atoms with Gasteiger partial charge in [0.05, 0.1) is 10.9 Å². The molecular formula is C19H27N3O2S. The minimum atomic E-state index is -3.20. The summed E-state index contributed by atoms with van der Waals surface area (Å²) in [5, 5.41) is 3.46. The van der Waals surface area contributed by atoms with Gasteiger partial charge in [0, 0.05) is 18.2 Å². The molecule has 0 unspecified atom stereocenters. The molecule has 3 aliphatic rings. The fourth-order valence-corrected chi connectivity index (χ4v) is 5.18. The van der Waals surface area contributed by atoms with Crippen LogP contribution in [0.1, 0.15) is 63.4 Å². The van der Waals surface area contributed by atoms with E-state index in [1.54, 1.807) is 0 Å². The highest BCUT2D eigenvalue weighted by Crippen LogP contribution is 2.32. The first-order valence-corrected chi connectivity index (χ1v) is 11.1. The van der Waals surface area contributed by atoms with Crippen molar-refractivity contribution in [2.45, 2.75) is 75.5 Å². The molecule has 25 heavy (non-hydrogen) atoms. The highest BCUT2D eigenvalue weighted by molar-refractivity contribution is 7.93. The number of amidine groups is 1. The molecule has 1 aromatic rings. The van der Waals surface area contributed by atoms with Crippen LogP contribution in [0.25, 0.3) is 0 Å². The quantitative estimate of drug-likeness (QED) is 0.800. The highest BCUT2D eigenvalue weighted by Gasteiger charge is 2.35. The van der Waals surface area contributed by atoms with Crippen molar-refractivity contribution in [2.75, 3.05) is 4.72 Å². The van der Waals surface area contributed by atoms with Gasteiger partial charge >= 0.3 is 0 Å². The zero-order valence-electron chi connectivity index (χ0n) is 14.6. The number of rotatable bonds is 4. The second-order valence-electron chi connectivity index (χ2n) is 7.58. The Morgan fingerprint density at radius 3 is 2.44 bits per heavy atom. The van der Waals surface area contributed by atoms with Crippen molar-refractivity contribution in [3.8, 4) is 0 Å². The maximum atomic E-state index is 12.1. The number of aryl methyl sites for hydroxylation is 1. The van der Waals surface area contributed by atoms with Gasteiger partial charge in [0.2, 0.25) is 10.0 Å². The standard InChI is InChI=1S/C19H27N3O2S/c23-25(24,17-9-10-17)22-16-8-11-18-14(13-16)7-12-19(21-18)20-15-5-3-1-2-4-6-15/h8,11,13,15,17,22H,1-7,9-10,12H2,(H,20,21). The van der Waals surface area contributed by atoms with Crippen molar-refractivity contribution in [1.82, 2.24) is 5.32 Å². The number of aliphatic imine (C=N–C) groups is 1. The zero-order chi connectivity index (χ0) is 17.3. The fraction of sp³-hybridized carbons (Fsp3) is 0.632. The van der Waals surface area contributed by atoms with Crippen molar-refractivity contribution in [3.05, 3.63) is 23.8 Å². The van der Waals surface area contributed by atoms with Crippen LogP contribution in [0.3, 0.4) is 0 Å². The van der Waals surface area contributed by atoms with Gasteiger partial charge in [-0.15, -0.1) is 0 Å². The molecule has 2 aliphatic carbocycles. The number of nitrogens with one attached hydrogen (secondary N) is 2. The number of anilines is 1. The number of hydrogen-bond donors (Lipinski definition) is 2. The molecule has 4 rings (SSSR count). The Bertz CT molecular complexity index is 761. The third-order valence-corrected chi connectivity index (χ3v) is 7.28. The minimum absolute atomic E-state index is 0.197. The lowest BCUT2D eigenvalue weighted by atomic mass is 10.0. The van der Waals surface area contributed by atoms with Crippen LogP contribution in [0.4, 0.5) is 11.4 Å². The normalized spacial score (nSPS) is 21.8. The van der Waals surface area contributed by atoms with Crippen LogP contribution in [0.15, 0.2) is 23.2 Å². The first kappa shape index (κ1) is 16.9. The van der Waals surface area contributed by atoms with Crippen LogP contribution < -0.4 is 10.0 Å². The van der Waals surface area contributed by atoms with Crippen LogP contribution in [0, 0.1) is 0 Å². The first-order chi connectivity index (χ1) is 12.1. The molecule has 0 spiro atoms. The Morgan fingerprint density at radius 2 is 1.72 bits per heavy atom. The fourth-order valence-electron chi connectivity index (χ4n) is 3.80. The number of nitrogens with zero attached hydrogens (tertiary/aromatic N) is 1. The summed E-state index contributed by atoms with van der Waals surface area (Å²) in [6, 6.07) is 6.28. The van der Waals surface area contributed by atoms with E-state index < -0.39 is 10.0 Å². The molecule has 2 N–H and O–H groups in total. The van der Waals surface area contributed by atoms with E-state index in [-0.39, 0.29) is 5.25 Å². The van der Waals surface area contributed by atoms with Crippen molar-refractivity contribution in [2.24, 2.45) is 4.99 Å². The van der Waals surface area contributed by atoms with Gasteiger partial charge in [0.15, 0.2) is 0 Å². The molecule has 0 aromatic heterocycles. The van der Waals surface area contributed by atoms with Crippen LogP contribution in [0.2, 0.25) is 0 Å². The molecule has 136 valence electrons. The molecule has 0 atom stereocenters. The Labute approximate surface area is 150 Å². The molecule has 2 fully saturated rings. The third kappa shape index (κ3) is 4.17. The SMILES string of the molecule is O=S(=O)(Nc1ccc2c(c1)CCC(NC1CCCCCC1)=N2)C1CC1. The molecule has 1 aromatic carbocycles. The summed E-state index contributed by atoms with van der Waals surface area (Å²) in [5.74, 6) is 1.09. The predicted octanol–water partition coefficient (Wildman–Crippen LogP) is 3.88. The van der Waals surface area contributed by atoms with E-state index >= 15 is 0 Å². The predicted molar refractivity (Wildman–Crippen MR) is 102 cm³/mol. The molecule has 0 saturated heterocycles. The second kappa shape index (κ2) is 6.98. The summed E-state index contributed by atoms with van der Waals surface area (Å²) < 4.78 is 26.9. The first-order valence-electron chi connectivity index (χ1n) is 9.59. The van der Waals surface area contributed by atoms with Gasteiger partial charge in [0.1, 0.15) is 5.84 Å². The van der Waals surface area contributed by atoms with E-state index in [1.807, 2.05) is 18.2 Å². The van der Waals surface area contributed by atoms with Gasteiger partial charge in [-0.05, 0) is 55.9 Å². The number of hydrogen-bond acceptors (Lipinski definition) is 4. The van der Waals surface area contributed by atoms with Gasteiger partial charge in [-0.1, -0.05) is 25.7 Å². The Balaban J connectivity index is 1.45. The summed E-state index contributed by atoms with van der Waals surface area (Å²) in [4.78, 5) is 4.78. The minimum Gasteiger partial charge on any atom is -0.371 e. The maximum Gasteiger partial charge on any atom is 0.235 e. The lowest BCUT2D eigenvalue weighted by molar-refractivity contribution is 0.528. The van der Waals surface area contributed by atoms with Crippen LogP contribution >= 0.6 is 0 Å². The van der Waals surface area contributed by atoms with E-state index in [0.717, 1.165) is 42.8 Å². The zero-order valence-corrected chi connectivity index (χ0v) is 15.4. The van der Waals surface area contributed by atoms with E-state index in [2.05, 4.69) is 10.0 Å². The van der Waals surface area contributed by atoms with Crippen molar-refractivity contribution in [1.29, 1.82) is 0 Å². The number of benzene rings is 1. The van der Waals surface area contributed by atoms with Crippen LogP contribution in [-0.2, 0) is 16.4 Å². The lowest BCUT2D eigenvalue weighted by Gasteiger charge is -2.23. The molecule has 5 nitrogen and oxygen atoms in total. The average molecular weight is 362 g/mol. The molecule has 0 amide bonds. The van der Waals surface area contributed by atoms with E-state index in [9.17, 15) is 8.42 Å². The molecule has 0 bridgehead atoms. The summed E-state index contributed by atoms with van der Waals surface area (Å²) in [6.07, 6.45) is 11.2. The summed E-state index contributed by atoms with van der Waals surface area (Å²) in [5.41, 5.74) is 2.76. The molecule has 6 heteroatoms. The molecular weight excluding hydrogens is 334 g/mol.